The summed E-state index contributed by atoms with van der Waals surface area (Å²) >= 11 is 0. The van der Waals surface area contributed by atoms with Gasteiger partial charge in [-0.2, -0.15) is 13.2 Å². The summed E-state index contributed by atoms with van der Waals surface area (Å²) in [5.41, 5.74) is -0.382. The first kappa shape index (κ1) is 16.1. The van der Waals surface area contributed by atoms with Gasteiger partial charge in [-0.05, 0) is 11.3 Å². The smallest absolute Gasteiger partial charge is 0.284 e. The van der Waals surface area contributed by atoms with Crippen molar-refractivity contribution in [3.8, 4) is 0 Å². The Hall–Kier alpha value is -0.883. The van der Waals surface area contributed by atoms with Crippen LogP contribution < -0.4 is 5.19 Å². The summed E-state index contributed by atoms with van der Waals surface area (Å²) < 4.78 is 36.6. The van der Waals surface area contributed by atoms with E-state index in [-0.39, 0.29) is 18.0 Å². The number of carbonyl (C=O) groups excluding carboxylic acids is 1. The minimum absolute atomic E-state index is 0. The second-order valence-corrected chi connectivity index (χ2v) is 9.62. The molecule has 1 aromatic rings. The third kappa shape index (κ3) is 4.12. The lowest BCUT2D eigenvalue weighted by Gasteiger charge is -2.16. The summed E-state index contributed by atoms with van der Waals surface area (Å²) in [5, 5.41) is 0.739. The minimum Gasteiger partial charge on any atom is -0.284 e. The fraction of sp³-hybridized carbons (Fsp3) is 0.400. The molecule has 0 saturated carbocycles. The van der Waals surface area contributed by atoms with E-state index in [1.807, 2.05) is 19.6 Å². The van der Waals surface area contributed by atoms with Gasteiger partial charge in [-0.3, -0.25) is 9.78 Å². The molecule has 0 aliphatic carbocycles. The van der Waals surface area contributed by atoms with E-state index in [9.17, 15) is 18.0 Å². The molecule has 0 fully saturated rings. The minimum atomic E-state index is -4.83. The Morgan fingerprint density at radius 3 is 2.18 bits per heavy atom. The van der Waals surface area contributed by atoms with E-state index in [1.165, 1.54) is 12.3 Å². The number of carbonyl (C=O) groups is 1. The molecule has 2 nitrogen and oxygen atoms in total. The van der Waals surface area contributed by atoms with Crippen LogP contribution in [0.5, 0.6) is 0 Å². The zero-order valence-electron chi connectivity index (χ0n) is 9.63. The topological polar surface area (TPSA) is 30.0 Å². The molecule has 17 heavy (non-hydrogen) atoms. The maximum absolute atomic E-state index is 12.2. The standard InChI is InChI=1S/C10H12F3NOSi.ClH/c1-16(2,3)8-4-7(5-14-6-8)9(15)10(11,12)13;/h4-6H,1-3H3;1H. The molecular weight excluding hydrogens is 271 g/mol. The van der Waals surface area contributed by atoms with Gasteiger partial charge in [-0.25, -0.2) is 0 Å². The number of hydrogen-bond donors (Lipinski definition) is 0. The van der Waals surface area contributed by atoms with E-state index < -0.39 is 20.0 Å². The van der Waals surface area contributed by atoms with E-state index in [4.69, 9.17) is 0 Å². The monoisotopic (exact) mass is 283 g/mol. The summed E-state index contributed by atoms with van der Waals surface area (Å²) in [4.78, 5) is 14.7. The maximum atomic E-state index is 12.2. The van der Waals surface area contributed by atoms with Gasteiger partial charge in [0.05, 0.1) is 8.07 Å². The third-order valence-electron chi connectivity index (χ3n) is 2.12. The van der Waals surface area contributed by atoms with Crippen LogP contribution >= 0.6 is 12.4 Å². The van der Waals surface area contributed by atoms with Crippen LogP contribution in [0.25, 0.3) is 0 Å². The molecule has 0 N–H and O–H groups in total. The fourth-order valence-corrected chi connectivity index (χ4v) is 2.19. The molecule has 0 aliphatic rings. The number of hydrogen-bond acceptors (Lipinski definition) is 2. The molecule has 0 bridgehead atoms. The highest BCUT2D eigenvalue weighted by atomic mass is 35.5. The number of ketones is 1. The van der Waals surface area contributed by atoms with Crippen molar-refractivity contribution in [2.45, 2.75) is 25.8 Å². The van der Waals surface area contributed by atoms with Crippen molar-refractivity contribution < 1.29 is 18.0 Å². The molecule has 96 valence electrons. The largest absolute Gasteiger partial charge is 0.454 e. The molecule has 0 aliphatic heterocycles. The van der Waals surface area contributed by atoms with Gasteiger partial charge in [-0.1, -0.05) is 19.6 Å². The summed E-state index contributed by atoms with van der Waals surface area (Å²) in [6.07, 6.45) is -2.35. The van der Waals surface area contributed by atoms with Crippen LogP contribution in [0.2, 0.25) is 19.6 Å². The molecule has 0 aromatic carbocycles. The van der Waals surface area contributed by atoms with Crippen LogP contribution in [0.3, 0.4) is 0 Å². The average Bonchev–Trinajstić information content (AvgIpc) is 2.14. The van der Waals surface area contributed by atoms with Crippen molar-refractivity contribution in [1.29, 1.82) is 0 Å². The Morgan fingerprint density at radius 2 is 1.76 bits per heavy atom. The van der Waals surface area contributed by atoms with Crippen LogP contribution in [0.1, 0.15) is 10.4 Å². The Morgan fingerprint density at radius 1 is 1.24 bits per heavy atom. The number of Topliss-reactive ketones (excluding diaryl/α,β-unsaturated/α-hetero) is 1. The molecule has 0 spiro atoms. The Bertz CT molecular complexity index is 415. The number of rotatable bonds is 2. The SMILES string of the molecule is C[Si](C)(C)c1cncc(C(=O)C(F)(F)F)c1.Cl. The molecule has 0 amide bonds. The second kappa shape index (κ2) is 5.18. The zero-order valence-corrected chi connectivity index (χ0v) is 11.4. The summed E-state index contributed by atoms with van der Waals surface area (Å²) in [6, 6.07) is 1.30. The zero-order chi connectivity index (χ0) is 12.6. The molecule has 0 atom stereocenters. The van der Waals surface area contributed by atoms with Crippen LogP contribution in [0.4, 0.5) is 13.2 Å². The molecule has 0 radical (unpaired) electrons. The third-order valence-corrected chi connectivity index (χ3v) is 4.13. The van der Waals surface area contributed by atoms with Gasteiger partial charge in [0.15, 0.2) is 0 Å². The predicted molar refractivity (Wildman–Crippen MR) is 64.9 cm³/mol. The van der Waals surface area contributed by atoms with Gasteiger partial charge >= 0.3 is 6.18 Å². The molecule has 7 heteroatoms. The van der Waals surface area contributed by atoms with Crippen LogP contribution in [-0.2, 0) is 0 Å². The first-order valence-electron chi connectivity index (χ1n) is 4.69. The highest BCUT2D eigenvalue weighted by Crippen LogP contribution is 2.20. The second-order valence-electron chi connectivity index (χ2n) is 4.54. The lowest BCUT2D eigenvalue weighted by molar-refractivity contribution is -0.0885. The van der Waals surface area contributed by atoms with E-state index in [0.717, 1.165) is 11.4 Å². The van der Waals surface area contributed by atoms with E-state index in [0.29, 0.717) is 0 Å². The molecule has 0 unspecified atom stereocenters. The lowest BCUT2D eigenvalue weighted by atomic mass is 10.2. The summed E-state index contributed by atoms with van der Waals surface area (Å²) in [7, 11) is -1.75. The highest BCUT2D eigenvalue weighted by Gasteiger charge is 2.39. The van der Waals surface area contributed by atoms with Crippen molar-refractivity contribution in [3.63, 3.8) is 0 Å². The van der Waals surface area contributed by atoms with E-state index in [1.54, 1.807) is 0 Å². The Balaban J connectivity index is 0.00000256. The van der Waals surface area contributed by atoms with Crippen molar-refractivity contribution in [1.82, 2.24) is 4.98 Å². The maximum Gasteiger partial charge on any atom is 0.454 e. The first-order valence-corrected chi connectivity index (χ1v) is 8.19. The lowest BCUT2D eigenvalue weighted by Crippen LogP contribution is -2.38. The van der Waals surface area contributed by atoms with Gasteiger partial charge in [0.2, 0.25) is 0 Å². The van der Waals surface area contributed by atoms with Crippen molar-refractivity contribution in [2.24, 2.45) is 0 Å². The average molecular weight is 284 g/mol. The number of pyridine rings is 1. The van der Waals surface area contributed by atoms with Gasteiger partial charge < -0.3 is 0 Å². The highest BCUT2D eigenvalue weighted by molar-refractivity contribution is 6.88. The van der Waals surface area contributed by atoms with E-state index >= 15 is 0 Å². The van der Waals surface area contributed by atoms with E-state index in [2.05, 4.69) is 4.98 Å². The Labute approximate surface area is 105 Å². The van der Waals surface area contributed by atoms with Gasteiger partial charge in [0.25, 0.3) is 5.78 Å². The quantitative estimate of drug-likeness (QED) is 0.617. The molecule has 1 heterocycles. The van der Waals surface area contributed by atoms with Crippen LogP contribution in [0, 0.1) is 0 Å². The first-order chi connectivity index (χ1) is 7.12. The number of halogens is 4. The molecule has 1 rings (SSSR count). The Kier molecular flexibility index (Phi) is 4.91. The fourth-order valence-electron chi connectivity index (χ4n) is 1.14. The van der Waals surface area contributed by atoms with Crippen molar-refractivity contribution in [3.05, 3.63) is 24.0 Å². The van der Waals surface area contributed by atoms with Gasteiger partial charge in [0, 0.05) is 18.0 Å². The number of alkyl halides is 3. The molecule has 0 saturated heterocycles. The normalized spacial score (nSPS) is 11.9. The van der Waals surface area contributed by atoms with Crippen molar-refractivity contribution >= 4 is 31.5 Å². The molecular formula is C10H13ClF3NOSi. The van der Waals surface area contributed by atoms with Gasteiger partial charge in [-0.15, -0.1) is 12.4 Å². The van der Waals surface area contributed by atoms with Crippen LogP contribution in [0.15, 0.2) is 18.5 Å². The number of nitrogens with zero attached hydrogens (tertiary/aromatic N) is 1. The number of aromatic nitrogens is 1. The van der Waals surface area contributed by atoms with Crippen molar-refractivity contribution in [2.75, 3.05) is 0 Å². The predicted octanol–water partition coefficient (Wildman–Crippen LogP) is 2.79. The van der Waals surface area contributed by atoms with Crippen LogP contribution in [-0.4, -0.2) is 25.0 Å². The molecule has 1 aromatic heterocycles. The summed E-state index contributed by atoms with van der Waals surface area (Å²) in [5.74, 6) is -1.83. The summed E-state index contributed by atoms with van der Waals surface area (Å²) in [6.45, 7) is 5.93. The van der Waals surface area contributed by atoms with Gasteiger partial charge in [0.1, 0.15) is 0 Å².